The van der Waals surface area contributed by atoms with Crippen LogP contribution >= 0.6 is 22.7 Å². The van der Waals surface area contributed by atoms with Crippen LogP contribution in [0.25, 0.3) is 10.1 Å². The number of nitriles is 1. The lowest BCUT2D eigenvalue weighted by Crippen LogP contribution is -2.31. The van der Waals surface area contributed by atoms with Gasteiger partial charge in [0, 0.05) is 41.0 Å². The highest BCUT2D eigenvalue weighted by Crippen LogP contribution is 2.31. The maximum absolute atomic E-state index is 13.3. The van der Waals surface area contributed by atoms with E-state index in [1.807, 2.05) is 59.3 Å². The number of thiophene rings is 2. The van der Waals surface area contributed by atoms with Gasteiger partial charge in [0.2, 0.25) is 5.91 Å². The number of imidazole rings is 1. The van der Waals surface area contributed by atoms with Crippen molar-refractivity contribution in [3.63, 3.8) is 0 Å². The Morgan fingerprint density at radius 1 is 1.12 bits per heavy atom. The predicted octanol–water partition coefficient (Wildman–Crippen LogP) is 6.39. The first-order chi connectivity index (χ1) is 19.5. The van der Waals surface area contributed by atoms with Gasteiger partial charge in [-0.05, 0) is 71.6 Å². The van der Waals surface area contributed by atoms with Crippen LogP contribution in [0.2, 0.25) is 0 Å². The molecule has 0 saturated heterocycles. The topological polar surface area (TPSA) is 91.0 Å². The zero-order valence-electron chi connectivity index (χ0n) is 22.2. The Kier molecular flexibility index (Phi) is 8.69. The molecule has 3 aromatic heterocycles. The molecule has 0 radical (unpaired) electrons. The quantitative estimate of drug-likeness (QED) is 0.200. The molecule has 0 aliphatic carbocycles. The van der Waals surface area contributed by atoms with Gasteiger partial charge in [0.15, 0.2) is 0 Å². The van der Waals surface area contributed by atoms with Gasteiger partial charge in [-0.3, -0.25) is 9.59 Å². The predicted molar refractivity (Wildman–Crippen MR) is 161 cm³/mol. The molecule has 5 aromatic rings. The number of carbonyl (C=O) groups is 2. The van der Waals surface area contributed by atoms with E-state index < -0.39 is 0 Å². The van der Waals surface area contributed by atoms with Crippen LogP contribution in [0.5, 0.6) is 0 Å². The number of benzene rings is 2. The molecule has 7 nitrogen and oxygen atoms in total. The third kappa shape index (κ3) is 6.47. The van der Waals surface area contributed by atoms with Gasteiger partial charge in [-0.25, -0.2) is 4.98 Å². The molecule has 0 atom stereocenters. The second kappa shape index (κ2) is 12.7. The van der Waals surface area contributed by atoms with Gasteiger partial charge < -0.3 is 14.8 Å². The summed E-state index contributed by atoms with van der Waals surface area (Å²) in [5, 5.41) is 15.1. The minimum absolute atomic E-state index is 0.0368. The monoisotopic (exact) mass is 567 g/mol. The number of rotatable bonds is 11. The van der Waals surface area contributed by atoms with Gasteiger partial charge in [0.25, 0.3) is 5.91 Å². The maximum Gasteiger partial charge on any atom is 0.261 e. The molecule has 9 heteroatoms. The number of nitrogens with zero attached hydrogens (tertiary/aromatic N) is 4. The fourth-order valence-electron chi connectivity index (χ4n) is 4.49. The Hall–Kier alpha value is -4.26. The van der Waals surface area contributed by atoms with E-state index >= 15 is 0 Å². The first-order valence-electron chi connectivity index (χ1n) is 13.2. The summed E-state index contributed by atoms with van der Waals surface area (Å²) in [6.45, 7) is 3.55. The summed E-state index contributed by atoms with van der Waals surface area (Å²) >= 11 is 3.15. The number of hydrogen-bond acceptors (Lipinski definition) is 6. The number of amides is 2. The zero-order valence-corrected chi connectivity index (χ0v) is 23.8. The van der Waals surface area contributed by atoms with E-state index in [1.165, 1.54) is 16.2 Å². The van der Waals surface area contributed by atoms with Crippen LogP contribution in [0.3, 0.4) is 0 Å². The van der Waals surface area contributed by atoms with Gasteiger partial charge in [-0.15, -0.1) is 22.7 Å². The van der Waals surface area contributed by atoms with E-state index in [0.29, 0.717) is 36.5 Å². The molecule has 0 fully saturated rings. The second-order valence-corrected chi connectivity index (χ2v) is 11.6. The SMILES string of the molecule is CCCC(=O)N(Cc1cncn1Cc1ccc(C#N)cc1)c1ccc2sc(C(=O)NCCc3cccs3)cc2c1. The Morgan fingerprint density at radius 3 is 2.73 bits per heavy atom. The van der Waals surface area contributed by atoms with Crippen molar-refractivity contribution in [2.24, 2.45) is 0 Å². The number of nitrogens with one attached hydrogen (secondary N) is 1. The van der Waals surface area contributed by atoms with Crippen LogP contribution < -0.4 is 10.2 Å². The van der Waals surface area contributed by atoms with Crippen molar-refractivity contribution in [2.45, 2.75) is 39.3 Å². The number of hydrogen-bond donors (Lipinski definition) is 1. The van der Waals surface area contributed by atoms with E-state index in [4.69, 9.17) is 5.26 Å². The first-order valence-corrected chi connectivity index (χ1v) is 14.9. The molecule has 0 aliphatic heterocycles. The summed E-state index contributed by atoms with van der Waals surface area (Å²) in [7, 11) is 0. The lowest BCUT2D eigenvalue weighted by atomic mass is 10.1. The summed E-state index contributed by atoms with van der Waals surface area (Å²) < 4.78 is 3.02. The van der Waals surface area contributed by atoms with Gasteiger partial charge in [-0.2, -0.15) is 5.26 Å². The Bertz CT molecular complexity index is 1650. The Morgan fingerprint density at radius 2 is 1.98 bits per heavy atom. The third-order valence-corrected chi connectivity index (χ3v) is 8.64. The zero-order chi connectivity index (χ0) is 27.9. The third-order valence-electron chi connectivity index (χ3n) is 6.59. The number of aromatic nitrogens is 2. The van der Waals surface area contributed by atoms with Crippen molar-refractivity contribution < 1.29 is 9.59 Å². The normalized spacial score (nSPS) is 10.9. The van der Waals surface area contributed by atoms with E-state index in [-0.39, 0.29) is 11.8 Å². The van der Waals surface area contributed by atoms with Crippen LogP contribution in [-0.2, 0) is 24.3 Å². The minimum Gasteiger partial charge on any atom is -0.351 e. The lowest BCUT2D eigenvalue weighted by Gasteiger charge is -2.23. The summed E-state index contributed by atoms with van der Waals surface area (Å²) in [6.07, 6.45) is 5.55. The van der Waals surface area contributed by atoms with Crippen molar-refractivity contribution in [3.05, 3.63) is 105 Å². The van der Waals surface area contributed by atoms with Crippen LogP contribution in [-0.4, -0.2) is 27.9 Å². The van der Waals surface area contributed by atoms with Gasteiger partial charge >= 0.3 is 0 Å². The summed E-state index contributed by atoms with van der Waals surface area (Å²) in [6, 6.07) is 21.5. The number of anilines is 1. The smallest absolute Gasteiger partial charge is 0.261 e. The van der Waals surface area contributed by atoms with Crippen LogP contribution in [0.15, 0.2) is 78.6 Å². The molecular weight excluding hydrogens is 539 g/mol. The van der Waals surface area contributed by atoms with Gasteiger partial charge in [0.1, 0.15) is 0 Å². The van der Waals surface area contributed by atoms with E-state index in [1.54, 1.807) is 40.9 Å². The molecule has 5 rings (SSSR count). The van der Waals surface area contributed by atoms with Crippen molar-refractivity contribution in [1.82, 2.24) is 14.9 Å². The molecule has 3 heterocycles. The Balaban J connectivity index is 1.34. The van der Waals surface area contributed by atoms with Crippen LogP contribution in [0.4, 0.5) is 5.69 Å². The minimum atomic E-state index is -0.0788. The standard InChI is InChI=1S/C31H29N5O2S2/c1-2-4-30(37)36(20-26-18-33-21-35(26)19-23-8-6-22(17-32)7-9-23)25-10-11-28-24(15-25)16-29(40-28)31(38)34-13-12-27-5-3-14-39-27/h3,5-11,14-16,18,21H,2,4,12-13,19-20H2,1H3,(H,34,38). The molecule has 0 saturated carbocycles. The molecule has 2 amide bonds. The molecule has 202 valence electrons. The second-order valence-electron chi connectivity index (χ2n) is 9.47. The molecule has 0 aliphatic rings. The molecular formula is C31H29N5O2S2. The fraction of sp³-hybridized carbons (Fsp3) is 0.226. The molecule has 2 aromatic carbocycles. The maximum atomic E-state index is 13.3. The van der Waals surface area contributed by atoms with Gasteiger partial charge in [0.05, 0.1) is 35.1 Å². The summed E-state index contributed by atoms with van der Waals surface area (Å²) in [5.41, 5.74) is 3.36. The lowest BCUT2D eigenvalue weighted by molar-refractivity contribution is -0.118. The fourth-order valence-corrected chi connectivity index (χ4v) is 6.16. The molecule has 40 heavy (non-hydrogen) atoms. The Labute approximate surface area is 241 Å². The first kappa shape index (κ1) is 27.3. The largest absolute Gasteiger partial charge is 0.351 e. The highest BCUT2D eigenvalue weighted by Gasteiger charge is 2.19. The van der Waals surface area contributed by atoms with Crippen molar-refractivity contribution in [3.8, 4) is 6.07 Å². The van der Waals surface area contributed by atoms with Crippen molar-refractivity contribution in [2.75, 3.05) is 11.4 Å². The number of carbonyl (C=O) groups excluding carboxylic acids is 2. The molecule has 0 unspecified atom stereocenters. The van der Waals surface area contributed by atoms with Crippen LogP contribution in [0, 0.1) is 11.3 Å². The van der Waals surface area contributed by atoms with E-state index in [0.717, 1.165) is 39.9 Å². The van der Waals surface area contributed by atoms with Gasteiger partial charge in [-0.1, -0.05) is 25.1 Å². The van der Waals surface area contributed by atoms with Crippen molar-refractivity contribution >= 4 is 50.3 Å². The van der Waals surface area contributed by atoms with Crippen molar-refractivity contribution in [1.29, 1.82) is 5.26 Å². The number of fused-ring (bicyclic) bond motifs is 1. The average Bonchev–Trinajstić information content (AvgIpc) is 3.73. The highest BCUT2D eigenvalue weighted by molar-refractivity contribution is 7.20. The molecule has 1 N–H and O–H groups in total. The molecule has 0 bridgehead atoms. The van der Waals surface area contributed by atoms with Crippen LogP contribution in [0.1, 0.15) is 51.1 Å². The summed E-state index contributed by atoms with van der Waals surface area (Å²) in [5.74, 6) is -0.0420. The highest BCUT2D eigenvalue weighted by atomic mass is 32.1. The molecule has 0 spiro atoms. The average molecular weight is 568 g/mol. The van der Waals surface area contributed by atoms with E-state index in [2.05, 4.69) is 22.4 Å². The van der Waals surface area contributed by atoms with E-state index in [9.17, 15) is 9.59 Å². The summed E-state index contributed by atoms with van der Waals surface area (Å²) in [4.78, 5) is 34.1.